The Hall–Kier alpha value is -1.59. The van der Waals surface area contributed by atoms with Gasteiger partial charge in [-0.25, -0.2) is 4.98 Å². The van der Waals surface area contributed by atoms with Crippen LogP contribution in [0.25, 0.3) is 0 Å². The Labute approximate surface area is 130 Å². The summed E-state index contributed by atoms with van der Waals surface area (Å²) in [6.07, 6.45) is 2.71. The summed E-state index contributed by atoms with van der Waals surface area (Å²) in [7, 11) is 1.89. The van der Waals surface area contributed by atoms with Gasteiger partial charge in [-0.15, -0.1) is 0 Å². The molecule has 0 saturated heterocycles. The number of aromatic nitrogens is 3. The van der Waals surface area contributed by atoms with Gasteiger partial charge < -0.3 is 10.1 Å². The number of rotatable bonds is 6. The molecule has 0 bridgehead atoms. The van der Waals surface area contributed by atoms with Gasteiger partial charge >= 0.3 is 0 Å². The molecule has 1 N–H and O–H groups in total. The smallest absolute Gasteiger partial charge is 0.219 e. The van der Waals surface area contributed by atoms with Crippen LogP contribution in [0.3, 0.4) is 0 Å². The van der Waals surface area contributed by atoms with Crippen molar-refractivity contribution in [3.8, 4) is 11.6 Å². The standard InChI is InChI=1S/C15H21ClN4O/c1-5-6-17-8-12-7-14(18-9-13(12)16)21-15-10(2)19-20(4)11(15)3/h7,9,17H,5-6,8H2,1-4H3. The van der Waals surface area contributed by atoms with Crippen LogP contribution in [-0.2, 0) is 13.6 Å². The van der Waals surface area contributed by atoms with Crippen molar-refractivity contribution in [1.29, 1.82) is 0 Å². The lowest BCUT2D eigenvalue weighted by Gasteiger charge is -2.09. The first-order chi connectivity index (χ1) is 10.0. The number of nitrogens with zero attached hydrogens (tertiary/aromatic N) is 3. The summed E-state index contributed by atoms with van der Waals surface area (Å²) >= 11 is 6.17. The molecule has 2 aromatic rings. The molecule has 0 aliphatic heterocycles. The van der Waals surface area contributed by atoms with Gasteiger partial charge in [-0.2, -0.15) is 5.10 Å². The molecule has 0 aliphatic rings. The molecule has 2 rings (SSSR count). The summed E-state index contributed by atoms with van der Waals surface area (Å²) in [5, 5.41) is 8.30. The Bertz CT molecular complexity index is 624. The first-order valence-electron chi connectivity index (χ1n) is 7.06. The van der Waals surface area contributed by atoms with Gasteiger partial charge in [0.15, 0.2) is 5.75 Å². The van der Waals surface area contributed by atoms with Gasteiger partial charge in [0.05, 0.1) is 10.7 Å². The second-order valence-electron chi connectivity index (χ2n) is 5.02. The van der Waals surface area contributed by atoms with E-state index in [9.17, 15) is 0 Å². The second-order valence-corrected chi connectivity index (χ2v) is 5.42. The largest absolute Gasteiger partial charge is 0.435 e. The molecule has 0 fully saturated rings. The Balaban J connectivity index is 2.18. The summed E-state index contributed by atoms with van der Waals surface area (Å²) in [4.78, 5) is 4.23. The normalized spacial score (nSPS) is 10.9. The number of hydrogen-bond donors (Lipinski definition) is 1. The van der Waals surface area contributed by atoms with Crippen LogP contribution in [0, 0.1) is 13.8 Å². The second kappa shape index (κ2) is 6.91. The van der Waals surface area contributed by atoms with E-state index in [2.05, 4.69) is 22.3 Å². The van der Waals surface area contributed by atoms with Crippen molar-refractivity contribution >= 4 is 11.6 Å². The van der Waals surface area contributed by atoms with Crippen molar-refractivity contribution in [1.82, 2.24) is 20.1 Å². The van der Waals surface area contributed by atoms with E-state index in [1.54, 1.807) is 10.9 Å². The highest BCUT2D eigenvalue weighted by molar-refractivity contribution is 6.31. The van der Waals surface area contributed by atoms with E-state index in [-0.39, 0.29) is 0 Å². The van der Waals surface area contributed by atoms with Gasteiger partial charge in [0.2, 0.25) is 5.88 Å². The summed E-state index contributed by atoms with van der Waals surface area (Å²) in [5.41, 5.74) is 2.79. The zero-order valence-electron chi connectivity index (χ0n) is 12.9. The lowest BCUT2D eigenvalue weighted by Crippen LogP contribution is -2.14. The fourth-order valence-electron chi connectivity index (χ4n) is 2.06. The Kier molecular flexibility index (Phi) is 5.20. The van der Waals surface area contributed by atoms with Crippen molar-refractivity contribution in [2.75, 3.05) is 6.54 Å². The lowest BCUT2D eigenvalue weighted by atomic mass is 10.2. The van der Waals surface area contributed by atoms with E-state index in [1.165, 1.54) is 0 Å². The van der Waals surface area contributed by atoms with Gasteiger partial charge in [-0.3, -0.25) is 4.68 Å². The first kappa shape index (κ1) is 15.8. The third-order valence-electron chi connectivity index (χ3n) is 3.30. The van der Waals surface area contributed by atoms with Crippen LogP contribution in [0.4, 0.5) is 0 Å². The molecule has 5 nitrogen and oxygen atoms in total. The molecule has 0 spiro atoms. The summed E-state index contributed by atoms with van der Waals surface area (Å²) in [6.45, 7) is 7.67. The molecule has 114 valence electrons. The predicted molar refractivity (Wildman–Crippen MR) is 84.0 cm³/mol. The Morgan fingerprint density at radius 1 is 1.38 bits per heavy atom. The maximum absolute atomic E-state index is 6.17. The van der Waals surface area contributed by atoms with E-state index >= 15 is 0 Å². The SMILES string of the molecule is CCCNCc1cc(Oc2c(C)nn(C)c2C)ncc1Cl. The number of hydrogen-bond acceptors (Lipinski definition) is 4. The maximum Gasteiger partial charge on any atom is 0.219 e. The fourth-order valence-corrected chi connectivity index (χ4v) is 2.23. The van der Waals surface area contributed by atoms with Gasteiger partial charge in [0, 0.05) is 25.9 Å². The van der Waals surface area contributed by atoms with Crippen molar-refractivity contribution in [3.05, 3.63) is 34.2 Å². The number of nitrogens with one attached hydrogen (secondary N) is 1. The number of aryl methyl sites for hydroxylation is 2. The summed E-state index contributed by atoms with van der Waals surface area (Å²) in [6, 6.07) is 1.87. The van der Waals surface area contributed by atoms with E-state index in [1.807, 2.05) is 27.0 Å². The van der Waals surface area contributed by atoms with Crippen molar-refractivity contribution in [3.63, 3.8) is 0 Å². The average Bonchev–Trinajstić information content (AvgIpc) is 2.69. The van der Waals surface area contributed by atoms with Crippen molar-refractivity contribution < 1.29 is 4.74 Å². The molecule has 6 heteroatoms. The topological polar surface area (TPSA) is 52.0 Å². The predicted octanol–water partition coefficient (Wildman–Crippen LogP) is 3.38. The van der Waals surface area contributed by atoms with Crippen LogP contribution in [-0.4, -0.2) is 21.3 Å². The van der Waals surface area contributed by atoms with E-state index < -0.39 is 0 Å². The lowest BCUT2D eigenvalue weighted by molar-refractivity contribution is 0.454. The molecule has 0 saturated carbocycles. The minimum Gasteiger partial charge on any atom is -0.435 e. The highest BCUT2D eigenvalue weighted by Gasteiger charge is 2.13. The van der Waals surface area contributed by atoms with E-state index in [4.69, 9.17) is 16.3 Å². The monoisotopic (exact) mass is 308 g/mol. The van der Waals surface area contributed by atoms with Crippen LogP contribution in [0.5, 0.6) is 11.6 Å². The minimum atomic E-state index is 0.534. The third kappa shape index (κ3) is 3.74. The quantitative estimate of drug-likeness (QED) is 0.831. The average molecular weight is 309 g/mol. The zero-order valence-corrected chi connectivity index (χ0v) is 13.7. The van der Waals surface area contributed by atoms with Gasteiger partial charge in [-0.1, -0.05) is 18.5 Å². The van der Waals surface area contributed by atoms with Crippen molar-refractivity contribution in [2.24, 2.45) is 7.05 Å². The Morgan fingerprint density at radius 2 is 2.14 bits per heavy atom. The molecule has 0 unspecified atom stereocenters. The molecule has 21 heavy (non-hydrogen) atoms. The van der Waals surface area contributed by atoms with Gasteiger partial charge in [0.1, 0.15) is 5.69 Å². The van der Waals surface area contributed by atoms with Crippen LogP contribution < -0.4 is 10.1 Å². The van der Waals surface area contributed by atoms with Gasteiger partial charge in [0.25, 0.3) is 0 Å². The molecule has 0 aliphatic carbocycles. The van der Waals surface area contributed by atoms with Gasteiger partial charge in [-0.05, 0) is 32.4 Å². The van der Waals surface area contributed by atoms with Crippen LogP contribution in [0.2, 0.25) is 5.02 Å². The highest BCUT2D eigenvalue weighted by atomic mass is 35.5. The van der Waals surface area contributed by atoms with Crippen molar-refractivity contribution in [2.45, 2.75) is 33.7 Å². The van der Waals surface area contributed by atoms with Crippen LogP contribution >= 0.6 is 11.6 Å². The molecular formula is C15H21ClN4O. The van der Waals surface area contributed by atoms with E-state index in [0.717, 1.165) is 35.7 Å². The number of ether oxygens (including phenoxy) is 1. The molecule has 2 heterocycles. The van der Waals surface area contributed by atoms with Crippen LogP contribution in [0.1, 0.15) is 30.3 Å². The summed E-state index contributed by atoms with van der Waals surface area (Å²) < 4.78 is 7.68. The molecule has 0 amide bonds. The fraction of sp³-hybridized carbons (Fsp3) is 0.467. The summed E-state index contributed by atoms with van der Waals surface area (Å²) in [5.74, 6) is 1.28. The number of pyridine rings is 1. The molecule has 2 aromatic heterocycles. The molecule has 0 aromatic carbocycles. The molecule has 0 radical (unpaired) electrons. The highest BCUT2D eigenvalue weighted by Crippen LogP contribution is 2.28. The molecule has 0 atom stereocenters. The van der Waals surface area contributed by atoms with Crippen LogP contribution in [0.15, 0.2) is 12.3 Å². The first-order valence-corrected chi connectivity index (χ1v) is 7.44. The maximum atomic E-state index is 6.17. The zero-order chi connectivity index (χ0) is 15.4. The minimum absolute atomic E-state index is 0.534. The molecular weight excluding hydrogens is 288 g/mol. The Morgan fingerprint density at radius 3 is 2.76 bits per heavy atom. The van der Waals surface area contributed by atoms with E-state index in [0.29, 0.717) is 17.4 Å². The third-order valence-corrected chi connectivity index (χ3v) is 3.64. The number of halogens is 1.